The molecule has 3 aromatic rings. The second-order valence-corrected chi connectivity index (χ2v) is 6.57. The second kappa shape index (κ2) is 9.05. The van der Waals surface area contributed by atoms with Crippen LogP contribution in [0.15, 0.2) is 69.8 Å². The summed E-state index contributed by atoms with van der Waals surface area (Å²) in [6.07, 6.45) is 1.78. The van der Waals surface area contributed by atoms with E-state index in [0.29, 0.717) is 16.9 Å². The van der Waals surface area contributed by atoms with Crippen molar-refractivity contribution in [3.8, 4) is 11.8 Å². The average molecular weight is 380 g/mol. The maximum Gasteiger partial charge on any atom is 0.220 e. The number of hydrazone groups is 1. The number of methoxy groups -OCH3 is 2. The second-order valence-electron chi connectivity index (χ2n) is 5.56. The number of anilines is 1. The topological polar surface area (TPSA) is 68.6 Å². The molecule has 1 N–H and O–H groups in total. The van der Waals surface area contributed by atoms with Crippen LogP contribution in [0.25, 0.3) is 0 Å². The highest BCUT2D eigenvalue weighted by Crippen LogP contribution is 2.30. The molecule has 27 heavy (non-hydrogen) atoms. The van der Waals surface area contributed by atoms with Gasteiger partial charge in [0.25, 0.3) is 0 Å². The number of benzene rings is 2. The molecule has 6 nitrogen and oxygen atoms in total. The van der Waals surface area contributed by atoms with Gasteiger partial charge in [-0.3, -0.25) is 5.43 Å². The number of aromatic nitrogens is 2. The molecule has 0 unspecified atom stereocenters. The van der Waals surface area contributed by atoms with Crippen molar-refractivity contribution in [2.24, 2.45) is 5.10 Å². The Balaban J connectivity index is 1.80. The number of nitrogens with zero attached hydrogens (tertiary/aromatic N) is 3. The lowest BCUT2D eigenvalue weighted by atomic mass is 10.2. The van der Waals surface area contributed by atoms with Gasteiger partial charge in [-0.1, -0.05) is 36.4 Å². The third-order valence-electron chi connectivity index (χ3n) is 3.73. The van der Waals surface area contributed by atoms with Gasteiger partial charge in [0, 0.05) is 10.5 Å². The van der Waals surface area contributed by atoms with Crippen LogP contribution in [0.5, 0.6) is 11.8 Å². The Morgan fingerprint density at radius 2 is 1.63 bits per heavy atom. The van der Waals surface area contributed by atoms with Crippen LogP contribution in [0.1, 0.15) is 11.1 Å². The predicted octanol–water partition coefficient (Wildman–Crippen LogP) is 4.40. The fourth-order valence-corrected chi connectivity index (χ4v) is 3.14. The SMILES string of the molecule is COc1cc(OC)nc(Sc2ccccc2/C=N/Nc2ccccc2C)n1. The van der Waals surface area contributed by atoms with E-state index >= 15 is 0 Å². The van der Waals surface area contributed by atoms with Gasteiger partial charge >= 0.3 is 0 Å². The molecule has 1 heterocycles. The van der Waals surface area contributed by atoms with Crippen LogP contribution in [0.4, 0.5) is 5.69 Å². The van der Waals surface area contributed by atoms with Gasteiger partial charge in [0.2, 0.25) is 11.8 Å². The Morgan fingerprint density at radius 1 is 0.963 bits per heavy atom. The van der Waals surface area contributed by atoms with E-state index in [0.717, 1.165) is 21.7 Å². The third kappa shape index (κ3) is 4.98. The first-order valence-electron chi connectivity index (χ1n) is 8.28. The normalized spacial score (nSPS) is 10.8. The standard InChI is InChI=1S/C20H20N4O2S/c1-14-8-4-6-10-16(14)24-21-13-15-9-5-7-11-17(15)27-20-22-18(25-2)12-19(23-20)26-3/h4-13,24H,1-3H3/b21-13+. The van der Waals surface area contributed by atoms with Crippen LogP contribution in [0, 0.1) is 6.92 Å². The molecule has 138 valence electrons. The van der Waals surface area contributed by atoms with Crippen LogP contribution in [0.2, 0.25) is 0 Å². The van der Waals surface area contributed by atoms with Crippen molar-refractivity contribution in [2.45, 2.75) is 17.0 Å². The minimum absolute atomic E-state index is 0.455. The molecule has 7 heteroatoms. The molecule has 0 fully saturated rings. The summed E-state index contributed by atoms with van der Waals surface area (Å²) in [6.45, 7) is 2.04. The van der Waals surface area contributed by atoms with E-state index in [1.165, 1.54) is 11.8 Å². The van der Waals surface area contributed by atoms with E-state index in [4.69, 9.17) is 9.47 Å². The van der Waals surface area contributed by atoms with Gasteiger partial charge in [-0.05, 0) is 36.4 Å². The Kier molecular flexibility index (Phi) is 6.27. The molecule has 0 amide bonds. The molecular weight excluding hydrogens is 360 g/mol. The summed E-state index contributed by atoms with van der Waals surface area (Å²) in [7, 11) is 3.13. The number of rotatable bonds is 7. The highest BCUT2D eigenvalue weighted by Gasteiger charge is 2.09. The molecule has 1 aromatic heterocycles. The van der Waals surface area contributed by atoms with E-state index in [1.54, 1.807) is 26.5 Å². The zero-order valence-electron chi connectivity index (χ0n) is 15.3. The molecule has 0 aliphatic carbocycles. The van der Waals surface area contributed by atoms with E-state index in [9.17, 15) is 0 Å². The number of nitrogens with one attached hydrogen (secondary N) is 1. The summed E-state index contributed by atoms with van der Waals surface area (Å²) in [6, 6.07) is 17.6. The lowest BCUT2D eigenvalue weighted by Gasteiger charge is -2.08. The average Bonchev–Trinajstić information content (AvgIpc) is 2.70. The molecular formula is C20H20N4O2S. The Labute approximate surface area is 162 Å². The monoisotopic (exact) mass is 380 g/mol. The fraction of sp³-hybridized carbons (Fsp3) is 0.150. The van der Waals surface area contributed by atoms with Crippen LogP contribution >= 0.6 is 11.8 Å². The van der Waals surface area contributed by atoms with E-state index < -0.39 is 0 Å². The van der Waals surface area contributed by atoms with Gasteiger partial charge < -0.3 is 9.47 Å². The van der Waals surface area contributed by atoms with Crippen LogP contribution in [-0.4, -0.2) is 30.4 Å². The van der Waals surface area contributed by atoms with E-state index in [1.807, 2.05) is 55.5 Å². The lowest BCUT2D eigenvalue weighted by Crippen LogP contribution is -1.97. The number of hydrogen-bond acceptors (Lipinski definition) is 7. The Morgan fingerprint density at radius 3 is 2.33 bits per heavy atom. The predicted molar refractivity (Wildman–Crippen MR) is 108 cm³/mol. The summed E-state index contributed by atoms with van der Waals surface area (Å²) in [4.78, 5) is 9.71. The van der Waals surface area contributed by atoms with Crippen molar-refractivity contribution in [1.29, 1.82) is 0 Å². The number of hydrogen-bond donors (Lipinski definition) is 1. The van der Waals surface area contributed by atoms with E-state index in [-0.39, 0.29) is 0 Å². The van der Waals surface area contributed by atoms with Crippen molar-refractivity contribution < 1.29 is 9.47 Å². The van der Waals surface area contributed by atoms with Gasteiger partial charge in [0.15, 0.2) is 5.16 Å². The zero-order chi connectivity index (χ0) is 19.1. The van der Waals surface area contributed by atoms with Gasteiger partial charge in [0.1, 0.15) is 0 Å². The van der Waals surface area contributed by atoms with Crippen LogP contribution in [0.3, 0.4) is 0 Å². The quantitative estimate of drug-likeness (QED) is 0.372. The number of ether oxygens (including phenoxy) is 2. The summed E-state index contributed by atoms with van der Waals surface area (Å²) < 4.78 is 10.4. The molecule has 2 aromatic carbocycles. The van der Waals surface area contributed by atoms with Crippen molar-refractivity contribution >= 4 is 23.7 Å². The fourth-order valence-electron chi connectivity index (χ4n) is 2.29. The number of para-hydroxylation sites is 1. The number of aryl methyl sites for hydroxylation is 1. The molecule has 0 aliphatic heterocycles. The molecule has 3 rings (SSSR count). The maximum atomic E-state index is 5.21. The molecule has 0 atom stereocenters. The van der Waals surface area contributed by atoms with Gasteiger partial charge in [0.05, 0.1) is 32.2 Å². The van der Waals surface area contributed by atoms with Crippen LogP contribution in [-0.2, 0) is 0 Å². The molecule has 0 saturated carbocycles. The first-order valence-corrected chi connectivity index (χ1v) is 9.10. The summed E-state index contributed by atoms with van der Waals surface area (Å²) >= 11 is 1.42. The summed E-state index contributed by atoms with van der Waals surface area (Å²) in [5.74, 6) is 0.911. The Bertz CT molecular complexity index is 925. The van der Waals surface area contributed by atoms with Gasteiger partial charge in [-0.25, -0.2) is 0 Å². The highest BCUT2D eigenvalue weighted by atomic mass is 32.2. The smallest absolute Gasteiger partial charge is 0.220 e. The highest BCUT2D eigenvalue weighted by molar-refractivity contribution is 7.99. The minimum Gasteiger partial charge on any atom is -0.481 e. The molecule has 0 aliphatic rings. The molecule has 0 radical (unpaired) electrons. The summed E-state index contributed by atoms with van der Waals surface area (Å²) in [5.41, 5.74) is 6.14. The first-order chi connectivity index (χ1) is 13.2. The molecule has 0 saturated heterocycles. The molecule has 0 bridgehead atoms. The summed E-state index contributed by atoms with van der Waals surface area (Å²) in [5, 5.41) is 4.90. The largest absolute Gasteiger partial charge is 0.481 e. The van der Waals surface area contributed by atoms with Gasteiger partial charge in [-0.15, -0.1) is 0 Å². The Hall–Kier alpha value is -3.06. The molecule has 0 spiro atoms. The maximum absolute atomic E-state index is 5.21. The lowest BCUT2D eigenvalue weighted by molar-refractivity contribution is 0.364. The van der Waals surface area contributed by atoms with Crippen molar-refractivity contribution in [3.63, 3.8) is 0 Å². The van der Waals surface area contributed by atoms with Crippen molar-refractivity contribution in [1.82, 2.24) is 9.97 Å². The minimum atomic E-state index is 0.455. The van der Waals surface area contributed by atoms with E-state index in [2.05, 4.69) is 20.5 Å². The third-order valence-corrected chi connectivity index (χ3v) is 4.69. The first kappa shape index (κ1) is 18.7. The van der Waals surface area contributed by atoms with Crippen molar-refractivity contribution in [2.75, 3.05) is 19.6 Å². The zero-order valence-corrected chi connectivity index (χ0v) is 16.2. The van der Waals surface area contributed by atoms with Crippen LogP contribution < -0.4 is 14.9 Å². The van der Waals surface area contributed by atoms with Crippen molar-refractivity contribution in [3.05, 3.63) is 65.7 Å². The van der Waals surface area contributed by atoms with Gasteiger partial charge in [-0.2, -0.15) is 15.1 Å².